The average molecular weight is 257 g/mol. The van der Waals surface area contributed by atoms with E-state index in [0.717, 1.165) is 37.3 Å². The molecule has 3 heteroatoms. The van der Waals surface area contributed by atoms with Crippen LogP contribution in [0.15, 0.2) is 18.2 Å². The van der Waals surface area contributed by atoms with E-state index in [1.807, 2.05) is 6.07 Å². The summed E-state index contributed by atoms with van der Waals surface area (Å²) in [5.74, 6) is 0. The van der Waals surface area contributed by atoms with E-state index in [2.05, 4.69) is 42.3 Å². The first kappa shape index (κ1) is 13.9. The second-order valence-electron chi connectivity index (χ2n) is 5.20. The minimum absolute atomic E-state index is 0.706. The van der Waals surface area contributed by atoms with Crippen LogP contribution in [-0.4, -0.2) is 19.1 Å². The van der Waals surface area contributed by atoms with Gasteiger partial charge in [0.1, 0.15) is 6.07 Å². The van der Waals surface area contributed by atoms with E-state index >= 15 is 0 Å². The minimum Gasteiger partial charge on any atom is -0.371 e. The van der Waals surface area contributed by atoms with Gasteiger partial charge in [-0.3, -0.25) is 0 Å². The number of anilines is 1. The fourth-order valence-corrected chi connectivity index (χ4v) is 2.33. The summed E-state index contributed by atoms with van der Waals surface area (Å²) < 4.78 is 0. The van der Waals surface area contributed by atoms with Gasteiger partial charge in [0.15, 0.2) is 0 Å². The quantitative estimate of drug-likeness (QED) is 0.816. The van der Waals surface area contributed by atoms with Crippen molar-refractivity contribution in [2.75, 3.05) is 18.0 Å². The standard InChI is InChI=1S/C16H23N3/c1-3-9-19(4-2)16-8-5-13(10-14(16)11-17)12-18-15-6-7-15/h5,8,10,15,18H,3-4,6-7,9,12H2,1-2H3. The number of nitrogens with zero attached hydrogens (tertiary/aromatic N) is 2. The molecule has 0 atom stereocenters. The second-order valence-corrected chi connectivity index (χ2v) is 5.20. The van der Waals surface area contributed by atoms with Gasteiger partial charge >= 0.3 is 0 Å². The molecule has 1 aromatic rings. The first-order valence-electron chi connectivity index (χ1n) is 7.29. The molecule has 102 valence electrons. The molecule has 3 nitrogen and oxygen atoms in total. The average Bonchev–Trinajstić information content (AvgIpc) is 3.26. The van der Waals surface area contributed by atoms with Crippen molar-refractivity contribution in [2.24, 2.45) is 0 Å². The Kier molecular flexibility index (Phi) is 4.81. The number of hydrogen-bond acceptors (Lipinski definition) is 3. The molecule has 1 saturated carbocycles. The Morgan fingerprint density at radius 2 is 2.16 bits per heavy atom. The molecule has 1 aromatic carbocycles. The summed E-state index contributed by atoms with van der Waals surface area (Å²) in [6.07, 6.45) is 3.69. The Balaban J connectivity index is 2.12. The smallest absolute Gasteiger partial charge is 0.101 e. The first-order chi connectivity index (χ1) is 9.28. The van der Waals surface area contributed by atoms with E-state index in [4.69, 9.17) is 0 Å². The Bertz CT molecular complexity index is 458. The van der Waals surface area contributed by atoms with Crippen molar-refractivity contribution >= 4 is 5.69 Å². The minimum atomic E-state index is 0.706. The number of nitrogens with one attached hydrogen (secondary N) is 1. The third-order valence-corrected chi connectivity index (χ3v) is 3.57. The van der Waals surface area contributed by atoms with Gasteiger partial charge in [0.25, 0.3) is 0 Å². The van der Waals surface area contributed by atoms with Crippen molar-refractivity contribution in [2.45, 2.75) is 45.7 Å². The first-order valence-corrected chi connectivity index (χ1v) is 7.29. The lowest BCUT2D eigenvalue weighted by Crippen LogP contribution is -2.24. The summed E-state index contributed by atoms with van der Waals surface area (Å²) >= 11 is 0. The van der Waals surface area contributed by atoms with Crippen LogP contribution in [0.25, 0.3) is 0 Å². The lowest BCUT2D eigenvalue weighted by Gasteiger charge is -2.23. The largest absolute Gasteiger partial charge is 0.371 e. The molecule has 0 bridgehead atoms. The van der Waals surface area contributed by atoms with E-state index in [-0.39, 0.29) is 0 Å². The summed E-state index contributed by atoms with van der Waals surface area (Å²) in [6, 6.07) is 9.32. The van der Waals surface area contributed by atoms with Crippen LogP contribution in [0.4, 0.5) is 5.69 Å². The molecule has 0 aromatic heterocycles. The van der Waals surface area contributed by atoms with Crippen LogP contribution in [0.3, 0.4) is 0 Å². The fraction of sp³-hybridized carbons (Fsp3) is 0.562. The Hall–Kier alpha value is -1.53. The van der Waals surface area contributed by atoms with Crippen molar-refractivity contribution in [3.63, 3.8) is 0 Å². The maximum atomic E-state index is 9.35. The van der Waals surface area contributed by atoms with Crippen molar-refractivity contribution in [1.82, 2.24) is 5.32 Å². The fourth-order valence-electron chi connectivity index (χ4n) is 2.33. The van der Waals surface area contributed by atoms with Crippen LogP contribution < -0.4 is 10.2 Å². The molecule has 0 spiro atoms. The SMILES string of the molecule is CCCN(CC)c1ccc(CNC2CC2)cc1C#N. The monoisotopic (exact) mass is 257 g/mol. The lowest BCUT2D eigenvalue weighted by atomic mass is 10.1. The van der Waals surface area contributed by atoms with Crippen molar-refractivity contribution in [3.8, 4) is 6.07 Å². The Labute approximate surface area is 116 Å². The van der Waals surface area contributed by atoms with E-state index < -0.39 is 0 Å². The molecule has 1 N–H and O–H groups in total. The van der Waals surface area contributed by atoms with Crippen LogP contribution in [0.1, 0.15) is 44.2 Å². The predicted molar refractivity (Wildman–Crippen MR) is 79.2 cm³/mol. The Morgan fingerprint density at radius 1 is 1.37 bits per heavy atom. The molecule has 0 saturated heterocycles. The van der Waals surface area contributed by atoms with Crippen LogP contribution >= 0.6 is 0 Å². The predicted octanol–water partition coefficient (Wildman–Crippen LogP) is 3.05. The molecule has 0 amide bonds. The molecule has 0 unspecified atom stereocenters. The third kappa shape index (κ3) is 3.71. The lowest BCUT2D eigenvalue weighted by molar-refractivity contribution is 0.687. The third-order valence-electron chi connectivity index (χ3n) is 3.57. The topological polar surface area (TPSA) is 39.1 Å². The molecule has 0 heterocycles. The van der Waals surface area contributed by atoms with Crippen LogP contribution in [0, 0.1) is 11.3 Å². The Morgan fingerprint density at radius 3 is 2.74 bits per heavy atom. The number of rotatable bonds is 7. The van der Waals surface area contributed by atoms with Gasteiger partial charge in [0.2, 0.25) is 0 Å². The molecule has 1 aliphatic rings. The highest BCUT2D eigenvalue weighted by Crippen LogP contribution is 2.23. The van der Waals surface area contributed by atoms with Crippen molar-refractivity contribution in [1.29, 1.82) is 5.26 Å². The summed E-state index contributed by atoms with van der Waals surface area (Å²) in [5, 5.41) is 12.8. The van der Waals surface area contributed by atoms with Gasteiger partial charge in [-0.15, -0.1) is 0 Å². The molecule has 2 rings (SSSR count). The molecule has 19 heavy (non-hydrogen) atoms. The van der Waals surface area contributed by atoms with Gasteiger partial charge in [0, 0.05) is 25.7 Å². The number of hydrogen-bond donors (Lipinski definition) is 1. The zero-order chi connectivity index (χ0) is 13.7. The van der Waals surface area contributed by atoms with Gasteiger partial charge in [-0.1, -0.05) is 13.0 Å². The maximum Gasteiger partial charge on any atom is 0.101 e. The normalized spacial score (nSPS) is 14.2. The maximum absolute atomic E-state index is 9.35. The van der Waals surface area contributed by atoms with E-state index in [9.17, 15) is 5.26 Å². The molecule has 1 aliphatic carbocycles. The summed E-state index contributed by atoms with van der Waals surface area (Å²) in [5.41, 5.74) is 3.08. The summed E-state index contributed by atoms with van der Waals surface area (Å²) in [7, 11) is 0. The van der Waals surface area contributed by atoms with Crippen LogP contribution in [-0.2, 0) is 6.54 Å². The molecule has 0 aliphatic heterocycles. The van der Waals surface area contributed by atoms with Gasteiger partial charge in [-0.25, -0.2) is 0 Å². The van der Waals surface area contributed by atoms with Gasteiger partial charge in [-0.2, -0.15) is 5.26 Å². The van der Waals surface area contributed by atoms with E-state index in [1.165, 1.54) is 18.4 Å². The van der Waals surface area contributed by atoms with Crippen molar-refractivity contribution < 1.29 is 0 Å². The van der Waals surface area contributed by atoms with E-state index in [1.54, 1.807) is 0 Å². The van der Waals surface area contributed by atoms with Crippen LogP contribution in [0.2, 0.25) is 0 Å². The van der Waals surface area contributed by atoms with Gasteiger partial charge in [0.05, 0.1) is 11.3 Å². The number of nitriles is 1. The highest BCUT2D eigenvalue weighted by Gasteiger charge is 2.20. The zero-order valence-electron chi connectivity index (χ0n) is 11.9. The van der Waals surface area contributed by atoms with Gasteiger partial charge < -0.3 is 10.2 Å². The van der Waals surface area contributed by atoms with Gasteiger partial charge in [-0.05, 0) is 43.9 Å². The van der Waals surface area contributed by atoms with Crippen molar-refractivity contribution in [3.05, 3.63) is 29.3 Å². The number of benzene rings is 1. The highest BCUT2D eigenvalue weighted by atomic mass is 15.1. The molecular weight excluding hydrogens is 234 g/mol. The summed E-state index contributed by atoms with van der Waals surface area (Å²) in [4.78, 5) is 2.27. The van der Waals surface area contributed by atoms with E-state index in [0.29, 0.717) is 6.04 Å². The zero-order valence-corrected chi connectivity index (χ0v) is 11.9. The molecule has 0 radical (unpaired) electrons. The highest BCUT2D eigenvalue weighted by molar-refractivity contribution is 5.60. The molecular formula is C16H23N3. The molecule has 1 fully saturated rings. The van der Waals surface area contributed by atoms with Crippen LogP contribution in [0.5, 0.6) is 0 Å². The second kappa shape index (κ2) is 6.58. The summed E-state index contributed by atoms with van der Waals surface area (Å²) in [6.45, 7) is 7.13.